The van der Waals surface area contributed by atoms with Gasteiger partial charge in [0.15, 0.2) is 5.82 Å². The molecule has 0 bridgehead atoms. The van der Waals surface area contributed by atoms with E-state index in [4.69, 9.17) is 4.74 Å². The van der Waals surface area contributed by atoms with Crippen LogP contribution in [0.1, 0.15) is 30.9 Å². The summed E-state index contributed by atoms with van der Waals surface area (Å²) in [5, 5.41) is 10.9. The third-order valence-electron chi connectivity index (χ3n) is 2.82. The van der Waals surface area contributed by atoms with Crippen LogP contribution in [-0.2, 0) is 16.9 Å². The molecule has 2 heterocycles. The van der Waals surface area contributed by atoms with Gasteiger partial charge in [-0.2, -0.15) is 9.47 Å². The smallest absolute Gasteiger partial charge is 0.203 e. The predicted octanol–water partition coefficient (Wildman–Crippen LogP) is 2.06. The van der Waals surface area contributed by atoms with Crippen molar-refractivity contribution in [2.24, 2.45) is 0 Å². The van der Waals surface area contributed by atoms with Crippen LogP contribution < -0.4 is 5.32 Å². The van der Waals surface area contributed by atoms with Gasteiger partial charge in [-0.25, -0.2) is 4.98 Å². The highest BCUT2D eigenvalue weighted by atomic mass is 32.1. The monoisotopic (exact) mass is 267 g/mol. The Bertz CT molecular complexity index is 519. The first-order valence-electron chi connectivity index (χ1n) is 5.65. The molecule has 0 saturated heterocycles. The summed E-state index contributed by atoms with van der Waals surface area (Å²) < 4.78 is 9.64. The van der Waals surface area contributed by atoms with Gasteiger partial charge in [0.05, 0.1) is 18.4 Å². The SMILES string of the molecule is COC(C)(C)c1nsc(NCc2[nH]ncc2C)n1. The van der Waals surface area contributed by atoms with Crippen LogP contribution in [-0.4, -0.2) is 26.7 Å². The minimum Gasteiger partial charge on any atom is -0.371 e. The van der Waals surface area contributed by atoms with E-state index in [1.807, 2.05) is 20.8 Å². The summed E-state index contributed by atoms with van der Waals surface area (Å²) in [6, 6.07) is 0. The summed E-state index contributed by atoms with van der Waals surface area (Å²) in [5.74, 6) is 0.693. The summed E-state index contributed by atoms with van der Waals surface area (Å²) in [4.78, 5) is 4.42. The number of rotatable bonds is 5. The zero-order valence-electron chi connectivity index (χ0n) is 10.9. The highest BCUT2D eigenvalue weighted by molar-refractivity contribution is 7.09. The Morgan fingerprint density at radius 3 is 2.89 bits per heavy atom. The first-order chi connectivity index (χ1) is 8.53. The maximum absolute atomic E-state index is 5.34. The van der Waals surface area contributed by atoms with Gasteiger partial charge in [0, 0.05) is 18.6 Å². The van der Waals surface area contributed by atoms with Crippen LogP contribution in [0.4, 0.5) is 5.13 Å². The van der Waals surface area contributed by atoms with Gasteiger partial charge >= 0.3 is 0 Å². The van der Waals surface area contributed by atoms with E-state index < -0.39 is 5.60 Å². The van der Waals surface area contributed by atoms with E-state index in [9.17, 15) is 0 Å². The molecule has 0 amide bonds. The molecule has 2 rings (SSSR count). The molecule has 18 heavy (non-hydrogen) atoms. The third-order valence-corrected chi connectivity index (χ3v) is 3.50. The topological polar surface area (TPSA) is 75.7 Å². The first kappa shape index (κ1) is 13.0. The standard InChI is InChI=1S/C11H17N5OS/c1-7-5-13-15-8(7)6-12-10-14-9(16-18-10)11(2,3)17-4/h5H,6H2,1-4H3,(H,13,15)(H,12,14,16). The van der Waals surface area contributed by atoms with Crippen LogP contribution in [0.15, 0.2) is 6.20 Å². The number of ether oxygens (including phenoxy) is 1. The fourth-order valence-electron chi connectivity index (χ4n) is 1.35. The zero-order chi connectivity index (χ0) is 13.2. The van der Waals surface area contributed by atoms with E-state index >= 15 is 0 Å². The van der Waals surface area contributed by atoms with Gasteiger partial charge in [0.25, 0.3) is 0 Å². The molecule has 7 heteroatoms. The Kier molecular flexibility index (Phi) is 3.63. The molecule has 0 saturated carbocycles. The quantitative estimate of drug-likeness (QED) is 0.867. The number of nitrogens with one attached hydrogen (secondary N) is 2. The Balaban J connectivity index is 2.01. The normalized spacial score (nSPS) is 11.8. The summed E-state index contributed by atoms with van der Waals surface area (Å²) in [6.45, 7) is 6.56. The molecule has 0 atom stereocenters. The number of methoxy groups -OCH3 is 1. The van der Waals surface area contributed by atoms with E-state index in [-0.39, 0.29) is 0 Å². The van der Waals surface area contributed by atoms with Gasteiger partial charge in [-0.1, -0.05) is 0 Å². The number of aromatic nitrogens is 4. The van der Waals surface area contributed by atoms with Crippen molar-refractivity contribution in [2.45, 2.75) is 32.9 Å². The largest absolute Gasteiger partial charge is 0.371 e. The number of hydrogen-bond donors (Lipinski definition) is 2. The highest BCUT2D eigenvalue weighted by Crippen LogP contribution is 2.24. The van der Waals surface area contributed by atoms with Crippen molar-refractivity contribution >= 4 is 16.7 Å². The van der Waals surface area contributed by atoms with Crippen LogP contribution in [0, 0.1) is 6.92 Å². The minimum absolute atomic E-state index is 0.458. The van der Waals surface area contributed by atoms with Crippen molar-refractivity contribution in [3.63, 3.8) is 0 Å². The average molecular weight is 267 g/mol. The van der Waals surface area contributed by atoms with E-state index in [2.05, 4.69) is 24.9 Å². The summed E-state index contributed by atoms with van der Waals surface area (Å²) in [6.07, 6.45) is 1.80. The fourth-order valence-corrected chi connectivity index (χ4v) is 2.04. The van der Waals surface area contributed by atoms with Crippen LogP contribution in [0.2, 0.25) is 0 Å². The van der Waals surface area contributed by atoms with Crippen molar-refractivity contribution < 1.29 is 4.74 Å². The second-order valence-electron chi connectivity index (χ2n) is 4.52. The molecule has 2 aromatic heterocycles. The molecule has 0 aliphatic heterocycles. The molecule has 6 nitrogen and oxygen atoms in total. The minimum atomic E-state index is -0.458. The number of H-pyrrole nitrogens is 1. The van der Waals surface area contributed by atoms with Gasteiger partial charge in [0.1, 0.15) is 5.60 Å². The third kappa shape index (κ3) is 2.68. The molecule has 0 fully saturated rings. The highest BCUT2D eigenvalue weighted by Gasteiger charge is 2.24. The van der Waals surface area contributed by atoms with Gasteiger partial charge in [-0.15, -0.1) is 0 Å². The lowest BCUT2D eigenvalue weighted by Gasteiger charge is -2.18. The van der Waals surface area contributed by atoms with Crippen LogP contribution in [0.25, 0.3) is 0 Å². The van der Waals surface area contributed by atoms with E-state index in [1.165, 1.54) is 11.5 Å². The Labute approximate surface area is 110 Å². The van der Waals surface area contributed by atoms with Crippen molar-refractivity contribution in [3.05, 3.63) is 23.3 Å². The van der Waals surface area contributed by atoms with E-state index in [0.717, 1.165) is 16.4 Å². The molecule has 0 aromatic carbocycles. The van der Waals surface area contributed by atoms with Crippen LogP contribution >= 0.6 is 11.5 Å². The average Bonchev–Trinajstić information content (AvgIpc) is 2.96. The Morgan fingerprint density at radius 2 is 2.28 bits per heavy atom. The maximum Gasteiger partial charge on any atom is 0.203 e. The number of hydrogen-bond acceptors (Lipinski definition) is 6. The van der Waals surface area contributed by atoms with Crippen molar-refractivity contribution in [1.29, 1.82) is 0 Å². The van der Waals surface area contributed by atoms with E-state index in [0.29, 0.717) is 12.4 Å². The van der Waals surface area contributed by atoms with Crippen LogP contribution in [0.5, 0.6) is 0 Å². The number of anilines is 1. The van der Waals surface area contributed by atoms with Gasteiger partial charge in [-0.05, 0) is 26.3 Å². The lowest BCUT2D eigenvalue weighted by molar-refractivity contribution is 0.0126. The van der Waals surface area contributed by atoms with Gasteiger partial charge in [-0.3, -0.25) is 5.10 Å². The zero-order valence-corrected chi connectivity index (χ0v) is 11.8. The number of nitrogens with zero attached hydrogens (tertiary/aromatic N) is 3. The maximum atomic E-state index is 5.34. The van der Waals surface area contributed by atoms with Gasteiger partial charge in [0.2, 0.25) is 5.13 Å². The second kappa shape index (κ2) is 5.03. The lowest BCUT2D eigenvalue weighted by Crippen LogP contribution is -2.21. The summed E-state index contributed by atoms with van der Waals surface area (Å²) in [5.41, 5.74) is 1.72. The van der Waals surface area contributed by atoms with Crippen molar-refractivity contribution in [2.75, 3.05) is 12.4 Å². The molecule has 0 aliphatic rings. The molecule has 2 N–H and O–H groups in total. The van der Waals surface area contributed by atoms with Crippen molar-refractivity contribution in [1.82, 2.24) is 19.6 Å². The number of aryl methyl sites for hydroxylation is 1. The second-order valence-corrected chi connectivity index (χ2v) is 5.27. The lowest BCUT2D eigenvalue weighted by atomic mass is 10.1. The molecule has 98 valence electrons. The fraction of sp³-hybridized carbons (Fsp3) is 0.545. The molecular weight excluding hydrogens is 250 g/mol. The molecule has 0 unspecified atom stereocenters. The van der Waals surface area contributed by atoms with Gasteiger partial charge < -0.3 is 10.1 Å². The molecular formula is C11H17N5OS. The van der Waals surface area contributed by atoms with Crippen molar-refractivity contribution in [3.8, 4) is 0 Å². The molecule has 2 aromatic rings. The number of aromatic amines is 1. The summed E-state index contributed by atoms with van der Waals surface area (Å²) >= 11 is 1.33. The Hall–Kier alpha value is -1.47. The molecule has 0 aliphatic carbocycles. The first-order valence-corrected chi connectivity index (χ1v) is 6.42. The molecule has 0 spiro atoms. The Morgan fingerprint density at radius 1 is 1.50 bits per heavy atom. The predicted molar refractivity (Wildman–Crippen MR) is 70.6 cm³/mol. The van der Waals surface area contributed by atoms with E-state index in [1.54, 1.807) is 13.3 Å². The molecule has 0 radical (unpaired) electrons. The van der Waals surface area contributed by atoms with Crippen LogP contribution in [0.3, 0.4) is 0 Å². The summed E-state index contributed by atoms with van der Waals surface area (Å²) in [7, 11) is 1.65.